The van der Waals surface area contributed by atoms with E-state index in [4.69, 9.17) is 4.74 Å². The number of anilines is 2. The number of hydrogen-bond acceptors (Lipinski definition) is 4. The maximum Gasteiger partial charge on any atom is 0.232 e. The van der Waals surface area contributed by atoms with Gasteiger partial charge >= 0.3 is 0 Å². The van der Waals surface area contributed by atoms with E-state index in [1.807, 2.05) is 19.9 Å². The van der Waals surface area contributed by atoms with Gasteiger partial charge in [-0.15, -0.1) is 0 Å². The van der Waals surface area contributed by atoms with Crippen molar-refractivity contribution < 1.29 is 17.9 Å². The molecule has 7 heteroatoms. The summed E-state index contributed by atoms with van der Waals surface area (Å²) in [6, 6.07) is 11.0. The highest BCUT2D eigenvalue weighted by molar-refractivity contribution is 7.92. The van der Waals surface area contributed by atoms with Gasteiger partial charge in [0.25, 0.3) is 0 Å². The molecule has 0 aliphatic heterocycles. The minimum atomic E-state index is -3.40. The molecule has 1 amide bonds. The average molecular weight is 391 g/mol. The van der Waals surface area contributed by atoms with Gasteiger partial charge in [-0.2, -0.15) is 0 Å². The number of carbonyl (C=O) groups excluding carboxylic acids is 1. The van der Waals surface area contributed by atoms with Crippen molar-refractivity contribution in [3.8, 4) is 5.75 Å². The van der Waals surface area contributed by atoms with Crippen molar-refractivity contribution in [1.29, 1.82) is 0 Å². The van der Waals surface area contributed by atoms with Gasteiger partial charge in [-0.25, -0.2) is 8.42 Å². The molecule has 0 unspecified atom stereocenters. The summed E-state index contributed by atoms with van der Waals surface area (Å²) in [6.45, 7) is 5.64. The number of rotatable bonds is 8. The number of benzene rings is 2. The first-order valence-corrected chi connectivity index (χ1v) is 10.4. The molecule has 27 heavy (non-hydrogen) atoms. The fraction of sp³-hybridized carbons (Fsp3) is 0.350. The molecule has 0 spiro atoms. The third kappa shape index (κ3) is 5.99. The Balaban J connectivity index is 2.02. The molecule has 146 valence electrons. The second kappa shape index (κ2) is 8.90. The van der Waals surface area contributed by atoms with Crippen LogP contribution in [0.1, 0.15) is 30.0 Å². The molecule has 0 radical (unpaired) electrons. The largest absolute Gasteiger partial charge is 0.494 e. The summed E-state index contributed by atoms with van der Waals surface area (Å²) in [5, 5.41) is 2.83. The quantitative estimate of drug-likeness (QED) is 0.721. The smallest absolute Gasteiger partial charge is 0.232 e. The molecule has 0 aromatic heterocycles. The van der Waals surface area contributed by atoms with E-state index in [0.29, 0.717) is 30.0 Å². The third-order valence-corrected chi connectivity index (χ3v) is 5.54. The number of ether oxygens (including phenoxy) is 1. The number of methoxy groups -OCH3 is 1. The molecule has 2 rings (SSSR count). The van der Waals surface area contributed by atoms with Gasteiger partial charge in [0, 0.05) is 18.2 Å². The van der Waals surface area contributed by atoms with Gasteiger partial charge in [0.05, 0.1) is 18.6 Å². The maximum atomic E-state index is 12.3. The SMILES string of the molecule is CCS(=O)(=O)Nc1ccc(NC(=O)CCc2ccc(C)cc2C)cc1OC. The Morgan fingerprint density at radius 2 is 1.85 bits per heavy atom. The topological polar surface area (TPSA) is 84.5 Å². The van der Waals surface area contributed by atoms with Crippen molar-refractivity contribution in [2.24, 2.45) is 0 Å². The predicted molar refractivity (Wildman–Crippen MR) is 109 cm³/mol. The van der Waals surface area contributed by atoms with Crippen LogP contribution in [-0.2, 0) is 21.2 Å². The molecular weight excluding hydrogens is 364 g/mol. The molecule has 2 aromatic rings. The molecule has 0 bridgehead atoms. The second-order valence-electron chi connectivity index (χ2n) is 6.40. The van der Waals surface area contributed by atoms with Crippen LogP contribution < -0.4 is 14.8 Å². The summed E-state index contributed by atoms with van der Waals surface area (Å²) >= 11 is 0. The van der Waals surface area contributed by atoms with Crippen LogP contribution in [0.3, 0.4) is 0 Å². The van der Waals surface area contributed by atoms with Gasteiger partial charge < -0.3 is 10.1 Å². The molecule has 2 aromatic carbocycles. The second-order valence-corrected chi connectivity index (χ2v) is 8.41. The van der Waals surface area contributed by atoms with E-state index in [1.54, 1.807) is 25.1 Å². The van der Waals surface area contributed by atoms with Crippen LogP contribution in [-0.4, -0.2) is 27.2 Å². The zero-order chi connectivity index (χ0) is 20.0. The summed E-state index contributed by atoms with van der Waals surface area (Å²) in [7, 11) is -1.96. The van der Waals surface area contributed by atoms with Crippen molar-refractivity contribution in [1.82, 2.24) is 0 Å². The van der Waals surface area contributed by atoms with Crippen molar-refractivity contribution in [3.63, 3.8) is 0 Å². The van der Waals surface area contributed by atoms with Gasteiger partial charge in [-0.05, 0) is 50.5 Å². The average Bonchev–Trinajstić information content (AvgIpc) is 2.62. The maximum absolute atomic E-state index is 12.3. The van der Waals surface area contributed by atoms with Crippen LogP contribution in [0.4, 0.5) is 11.4 Å². The van der Waals surface area contributed by atoms with Gasteiger partial charge in [-0.3, -0.25) is 9.52 Å². The Kier molecular flexibility index (Phi) is 6.85. The van der Waals surface area contributed by atoms with E-state index in [2.05, 4.69) is 22.2 Å². The van der Waals surface area contributed by atoms with E-state index in [-0.39, 0.29) is 11.7 Å². The molecular formula is C20H26N2O4S. The van der Waals surface area contributed by atoms with Crippen molar-refractivity contribution >= 4 is 27.3 Å². The highest BCUT2D eigenvalue weighted by Gasteiger charge is 2.13. The van der Waals surface area contributed by atoms with Crippen molar-refractivity contribution in [3.05, 3.63) is 53.1 Å². The van der Waals surface area contributed by atoms with Crippen molar-refractivity contribution in [2.45, 2.75) is 33.6 Å². The summed E-state index contributed by atoms with van der Waals surface area (Å²) in [5.41, 5.74) is 4.42. The van der Waals surface area contributed by atoms with E-state index >= 15 is 0 Å². The molecule has 0 aliphatic carbocycles. The number of sulfonamides is 1. The van der Waals surface area contributed by atoms with E-state index < -0.39 is 10.0 Å². The first kappa shape index (κ1) is 20.8. The number of carbonyl (C=O) groups is 1. The Labute approximate surface area is 161 Å². The number of amides is 1. The lowest BCUT2D eigenvalue weighted by Gasteiger charge is -2.13. The summed E-state index contributed by atoms with van der Waals surface area (Å²) in [4.78, 5) is 12.3. The first-order chi connectivity index (χ1) is 12.7. The van der Waals surface area contributed by atoms with E-state index in [1.165, 1.54) is 18.2 Å². The highest BCUT2D eigenvalue weighted by Crippen LogP contribution is 2.29. The Bertz CT molecular complexity index is 924. The summed E-state index contributed by atoms with van der Waals surface area (Å²) in [6.07, 6.45) is 1.01. The lowest BCUT2D eigenvalue weighted by atomic mass is 10.0. The number of nitrogens with one attached hydrogen (secondary N) is 2. The molecule has 2 N–H and O–H groups in total. The molecule has 0 fully saturated rings. The van der Waals surface area contributed by atoms with Gasteiger partial charge in [0.15, 0.2) is 0 Å². The van der Waals surface area contributed by atoms with Crippen LogP contribution in [0.15, 0.2) is 36.4 Å². The Morgan fingerprint density at radius 1 is 1.11 bits per heavy atom. The van der Waals surface area contributed by atoms with E-state index in [9.17, 15) is 13.2 Å². The summed E-state index contributed by atoms with van der Waals surface area (Å²) in [5.74, 6) is 0.200. The number of hydrogen-bond donors (Lipinski definition) is 2. The van der Waals surface area contributed by atoms with Gasteiger partial charge in [0.2, 0.25) is 15.9 Å². The number of aryl methyl sites for hydroxylation is 3. The normalized spacial score (nSPS) is 11.1. The highest BCUT2D eigenvalue weighted by atomic mass is 32.2. The van der Waals surface area contributed by atoms with Crippen LogP contribution >= 0.6 is 0 Å². The molecule has 6 nitrogen and oxygen atoms in total. The standard InChI is InChI=1S/C20H26N2O4S/c1-5-27(24,25)22-18-10-9-17(13-19(18)26-4)21-20(23)11-8-16-7-6-14(2)12-15(16)3/h6-7,9-10,12-13,22H,5,8,11H2,1-4H3,(H,21,23). The van der Waals surface area contributed by atoms with Crippen LogP contribution in [0.5, 0.6) is 5.75 Å². The minimum absolute atomic E-state index is 0.0347. The molecule has 0 heterocycles. The molecule has 0 saturated carbocycles. The van der Waals surface area contributed by atoms with Crippen LogP contribution in [0.2, 0.25) is 0 Å². The lowest BCUT2D eigenvalue weighted by molar-refractivity contribution is -0.116. The monoisotopic (exact) mass is 390 g/mol. The van der Waals surface area contributed by atoms with Crippen LogP contribution in [0, 0.1) is 13.8 Å². The molecule has 0 saturated heterocycles. The van der Waals surface area contributed by atoms with Crippen molar-refractivity contribution in [2.75, 3.05) is 22.9 Å². The summed E-state index contributed by atoms with van der Waals surface area (Å²) < 4.78 is 31.2. The predicted octanol–water partition coefficient (Wildman–Crippen LogP) is 3.64. The Hall–Kier alpha value is -2.54. The molecule has 0 atom stereocenters. The van der Waals surface area contributed by atoms with E-state index in [0.717, 1.165) is 5.56 Å². The van der Waals surface area contributed by atoms with Gasteiger partial charge in [-0.1, -0.05) is 23.8 Å². The first-order valence-electron chi connectivity index (χ1n) is 8.78. The fourth-order valence-electron chi connectivity index (χ4n) is 2.69. The Morgan fingerprint density at radius 3 is 2.48 bits per heavy atom. The third-order valence-electron chi connectivity index (χ3n) is 4.25. The lowest BCUT2D eigenvalue weighted by Crippen LogP contribution is -2.16. The fourth-order valence-corrected chi connectivity index (χ4v) is 3.34. The van der Waals surface area contributed by atoms with Crippen LogP contribution in [0.25, 0.3) is 0 Å². The molecule has 0 aliphatic rings. The zero-order valence-corrected chi connectivity index (χ0v) is 16.9. The van der Waals surface area contributed by atoms with Gasteiger partial charge in [0.1, 0.15) is 5.75 Å². The minimum Gasteiger partial charge on any atom is -0.494 e. The zero-order valence-electron chi connectivity index (χ0n) is 16.1.